The number of hydrogen-bond acceptors (Lipinski definition) is 6. The smallest absolute Gasteiger partial charge is 0.267 e. The minimum atomic E-state index is -0.490. The van der Waals surface area contributed by atoms with Gasteiger partial charge < -0.3 is 10.6 Å². The number of H-pyrrole nitrogens is 1. The summed E-state index contributed by atoms with van der Waals surface area (Å²) in [6.45, 7) is 1.91. The van der Waals surface area contributed by atoms with Crippen molar-refractivity contribution in [3.63, 3.8) is 0 Å². The van der Waals surface area contributed by atoms with Crippen molar-refractivity contribution in [2.75, 3.05) is 10.6 Å². The summed E-state index contributed by atoms with van der Waals surface area (Å²) in [6, 6.07) is 6.61. The summed E-state index contributed by atoms with van der Waals surface area (Å²) in [6.07, 6.45) is 4.58. The first-order valence-electron chi connectivity index (χ1n) is 7.69. The van der Waals surface area contributed by atoms with Gasteiger partial charge >= 0.3 is 0 Å². The number of hydrogen-bond donors (Lipinski definition) is 3. The Morgan fingerprint density at radius 3 is 2.96 bits per heavy atom. The molecule has 0 unspecified atom stereocenters. The van der Waals surface area contributed by atoms with Crippen LogP contribution in [-0.2, 0) is 0 Å². The Morgan fingerprint density at radius 1 is 1.23 bits per heavy atom. The topological polar surface area (TPSA) is 95.6 Å². The van der Waals surface area contributed by atoms with Gasteiger partial charge in [0.25, 0.3) is 5.91 Å². The maximum Gasteiger partial charge on any atom is 0.267 e. The number of thiazole rings is 1. The first kappa shape index (κ1) is 16.2. The predicted molar refractivity (Wildman–Crippen MR) is 98.4 cm³/mol. The van der Waals surface area contributed by atoms with E-state index < -0.39 is 5.82 Å². The van der Waals surface area contributed by atoms with Crippen molar-refractivity contribution < 1.29 is 9.18 Å². The number of benzene rings is 1. The van der Waals surface area contributed by atoms with Crippen molar-refractivity contribution in [2.45, 2.75) is 6.92 Å². The molecule has 0 aliphatic carbocycles. The Hall–Kier alpha value is -3.33. The van der Waals surface area contributed by atoms with E-state index in [-0.39, 0.29) is 11.7 Å². The Kier molecular flexibility index (Phi) is 4.05. The van der Waals surface area contributed by atoms with Crippen LogP contribution in [0.15, 0.2) is 42.9 Å². The highest BCUT2D eigenvalue weighted by Gasteiger charge is 2.15. The molecule has 3 aromatic heterocycles. The third-order valence-electron chi connectivity index (χ3n) is 3.78. The van der Waals surface area contributed by atoms with Crippen molar-refractivity contribution in [3.8, 4) is 0 Å². The molecule has 0 aliphatic heterocycles. The van der Waals surface area contributed by atoms with Crippen LogP contribution >= 0.6 is 11.3 Å². The molecule has 0 aliphatic rings. The van der Waals surface area contributed by atoms with Gasteiger partial charge in [0.15, 0.2) is 16.8 Å². The molecule has 3 heterocycles. The van der Waals surface area contributed by atoms with Crippen LogP contribution in [0.1, 0.15) is 15.2 Å². The molecular formula is C17H13FN6OS. The van der Waals surface area contributed by atoms with Gasteiger partial charge in [-0.3, -0.25) is 9.89 Å². The Bertz CT molecular complexity index is 1110. The van der Waals surface area contributed by atoms with Gasteiger partial charge in [0.1, 0.15) is 4.88 Å². The Balaban J connectivity index is 1.56. The summed E-state index contributed by atoms with van der Waals surface area (Å²) < 4.78 is 13.7. The van der Waals surface area contributed by atoms with Gasteiger partial charge in [-0.25, -0.2) is 14.4 Å². The van der Waals surface area contributed by atoms with Crippen LogP contribution in [0.3, 0.4) is 0 Å². The Morgan fingerprint density at radius 2 is 2.12 bits per heavy atom. The minimum Gasteiger partial charge on any atom is -0.320 e. The highest BCUT2D eigenvalue weighted by Crippen LogP contribution is 2.28. The molecule has 1 amide bonds. The van der Waals surface area contributed by atoms with Gasteiger partial charge in [-0.15, -0.1) is 0 Å². The average molecular weight is 368 g/mol. The molecule has 130 valence electrons. The first-order chi connectivity index (χ1) is 12.6. The van der Waals surface area contributed by atoms with E-state index in [2.05, 4.69) is 30.8 Å². The second-order valence-electron chi connectivity index (χ2n) is 5.53. The standard InChI is InChI=1S/C17H13FN6OS/c1-9-4-5-12-10(7-21-24-12)14(9)22-16(25)13-8-20-17(26-13)23-15-11(18)3-2-6-19-15/h2-8H,1H3,(H,21,24)(H,22,25)(H,19,20,23). The number of nitrogens with one attached hydrogen (secondary N) is 3. The number of carbonyl (C=O) groups is 1. The lowest BCUT2D eigenvalue weighted by Gasteiger charge is -2.08. The summed E-state index contributed by atoms with van der Waals surface area (Å²) in [5.41, 5.74) is 2.45. The molecule has 3 N–H and O–H groups in total. The molecule has 9 heteroatoms. The lowest BCUT2D eigenvalue weighted by atomic mass is 10.1. The van der Waals surface area contributed by atoms with E-state index in [1.54, 1.807) is 6.20 Å². The maximum atomic E-state index is 13.7. The third-order valence-corrected chi connectivity index (χ3v) is 4.70. The van der Waals surface area contributed by atoms with E-state index in [0.717, 1.165) is 27.8 Å². The van der Waals surface area contributed by atoms with Crippen molar-refractivity contribution in [1.29, 1.82) is 0 Å². The van der Waals surface area contributed by atoms with Crippen LogP contribution < -0.4 is 10.6 Å². The molecule has 0 atom stereocenters. The van der Waals surface area contributed by atoms with E-state index in [0.29, 0.717) is 15.7 Å². The van der Waals surface area contributed by atoms with Crippen molar-refractivity contribution >= 4 is 44.8 Å². The number of aromatic nitrogens is 4. The van der Waals surface area contributed by atoms with Crippen molar-refractivity contribution in [2.24, 2.45) is 0 Å². The summed E-state index contributed by atoms with van der Waals surface area (Å²) in [5.74, 6) is -0.724. The number of rotatable bonds is 4. The van der Waals surface area contributed by atoms with Crippen LogP contribution in [-0.4, -0.2) is 26.1 Å². The number of halogens is 1. The fourth-order valence-electron chi connectivity index (χ4n) is 2.48. The zero-order chi connectivity index (χ0) is 18.1. The molecule has 26 heavy (non-hydrogen) atoms. The molecule has 0 fully saturated rings. The van der Waals surface area contributed by atoms with Crippen molar-refractivity contribution in [3.05, 3.63) is 59.1 Å². The van der Waals surface area contributed by atoms with Crippen LogP contribution in [0.5, 0.6) is 0 Å². The summed E-state index contributed by atoms with van der Waals surface area (Å²) in [4.78, 5) is 21.0. The summed E-state index contributed by atoms with van der Waals surface area (Å²) in [5, 5.41) is 13.8. The fourth-order valence-corrected chi connectivity index (χ4v) is 3.19. The van der Waals surface area contributed by atoms with Gasteiger partial charge in [-0.1, -0.05) is 17.4 Å². The first-order valence-corrected chi connectivity index (χ1v) is 8.51. The largest absolute Gasteiger partial charge is 0.320 e. The summed E-state index contributed by atoms with van der Waals surface area (Å²) >= 11 is 1.11. The molecule has 0 saturated heterocycles. The highest BCUT2D eigenvalue weighted by molar-refractivity contribution is 7.17. The lowest BCUT2D eigenvalue weighted by molar-refractivity contribution is 0.103. The Labute approximate surface area is 151 Å². The average Bonchev–Trinajstić information content (AvgIpc) is 3.29. The SMILES string of the molecule is Cc1ccc2[nH]ncc2c1NC(=O)c1cnc(Nc2ncccc2F)s1. The van der Waals surface area contributed by atoms with E-state index in [1.807, 2.05) is 19.1 Å². The van der Waals surface area contributed by atoms with E-state index in [9.17, 15) is 9.18 Å². The molecular weight excluding hydrogens is 355 g/mol. The molecule has 0 radical (unpaired) electrons. The molecule has 0 spiro atoms. The molecule has 7 nitrogen and oxygen atoms in total. The monoisotopic (exact) mass is 368 g/mol. The number of fused-ring (bicyclic) bond motifs is 1. The second kappa shape index (κ2) is 6.52. The number of nitrogens with zero attached hydrogens (tertiary/aromatic N) is 3. The van der Waals surface area contributed by atoms with Crippen LogP contribution in [0.4, 0.5) is 21.0 Å². The van der Waals surface area contributed by atoms with Gasteiger partial charge in [0.2, 0.25) is 0 Å². The highest BCUT2D eigenvalue weighted by atomic mass is 32.1. The van der Waals surface area contributed by atoms with Crippen molar-refractivity contribution in [1.82, 2.24) is 20.2 Å². The van der Waals surface area contributed by atoms with Crippen LogP contribution in [0, 0.1) is 12.7 Å². The van der Waals surface area contributed by atoms with Gasteiger partial charge in [-0.2, -0.15) is 5.10 Å². The van der Waals surface area contributed by atoms with Crippen LogP contribution in [0.2, 0.25) is 0 Å². The normalized spacial score (nSPS) is 10.8. The molecule has 4 aromatic rings. The number of anilines is 3. The van der Waals surface area contributed by atoms with Gasteiger partial charge in [0, 0.05) is 11.6 Å². The van der Waals surface area contributed by atoms with Gasteiger partial charge in [-0.05, 0) is 30.7 Å². The van der Waals surface area contributed by atoms with Gasteiger partial charge in [0.05, 0.1) is 23.6 Å². The van der Waals surface area contributed by atoms with E-state index in [1.165, 1.54) is 24.5 Å². The fraction of sp³-hybridized carbons (Fsp3) is 0.0588. The molecule has 0 saturated carbocycles. The van der Waals surface area contributed by atoms with E-state index in [4.69, 9.17) is 0 Å². The zero-order valence-corrected chi connectivity index (χ0v) is 14.4. The number of carbonyl (C=O) groups excluding carboxylic acids is 1. The number of pyridine rings is 1. The third kappa shape index (κ3) is 3.00. The molecule has 1 aromatic carbocycles. The quantitative estimate of drug-likeness (QED) is 0.508. The molecule has 4 rings (SSSR count). The van der Waals surface area contributed by atoms with E-state index >= 15 is 0 Å². The molecule has 0 bridgehead atoms. The lowest BCUT2D eigenvalue weighted by Crippen LogP contribution is -2.11. The number of amides is 1. The number of aromatic amines is 1. The minimum absolute atomic E-state index is 0.0628. The number of aryl methyl sites for hydroxylation is 1. The van der Waals surface area contributed by atoms with Crippen LogP contribution in [0.25, 0.3) is 10.9 Å². The second-order valence-corrected chi connectivity index (χ2v) is 6.56. The summed E-state index contributed by atoms with van der Waals surface area (Å²) in [7, 11) is 0. The zero-order valence-electron chi connectivity index (χ0n) is 13.6. The maximum absolute atomic E-state index is 13.7. The predicted octanol–water partition coefficient (Wildman–Crippen LogP) is 3.86.